The van der Waals surface area contributed by atoms with E-state index in [-0.39, 0.29) is 5.41 Å². The predicted octanol–water partition coefficient (Wildman–Crippen LogP) is 2.42. The first-order valence-electron chi connectivity index (χ1n) is 6.15. The van der Waals surface area contributed by atoms with Gasteiger partial charge in [0.05, 0.1) is 0 Å². The number of carbonyl (C=O) groups excluding carboxylic acids is 1. The standard InChI is InChI=1S/C6H12O.C5H14N2.C2H6/c1-4-6(2,3)5-7;1-6-4-5-7(2)3;1-2/h5H,4H2,1-3H3;6H,4-5H2,1-3H3;1-2H3. The molecule has 0 aromatic rings. The average Bonchev–Trinajstić information content (AvgIpc) is 2.30. The lowest BCUT2D eigenvalue weighted by molar-refractivity contribution is -0.114. The Balaban J connectivity index is -0.000000183. The topological polar surface area (TPSA) is 32.3 Å². The first kappa shape index (κ1) is 20.9. The Hall–Kier alpha value is -0.410. The largest absolute Gasteiger partial charge is 0.318 e. The summed E-state index contributed by atoms with van der Waals surface area (Å²) >= 11 is 0. The van der Waals surface area contributed by atoms with Crippen LogP contribution in [0.2, 0.25) is 0 Å². The highest BCUT2D eigenvalue weighted by Crippen LogP contribution is 2.14. The Bertz CT molecular complexity index is 134. The smallest absolute Gasteiger partial charge is 0.125 e. The first-order valence-corrected chi connectivity index (χ1v) is 6.15. The minimum Gasteiger partial charge on any atom is -0.318 e. The quantitative estimate of drug-likeness (QED) is 0.739. The SMILES string of the molecule is CC.CCC(C)(C)C=O.CNCCN(C)C. The second-order valence-electron chi connectivity index (χ2n) is 4.37. The van der Waals surface area contributed by atoms with E-state index in [0.717, 1.165) is 25.8 Å². The van der Waals surface area contributed by atoms with Crippen molar-refractivity contribution in [2.24, 2.45) is 5.41 Å². The van der Waals surface area contributed by atoms with Crippen LogP contribution in [0.25, 0.3) is 0 Å². The second kappa shape index (κ2) is 14.6. The molecule has 0 aliphatic heterocycles. The van der Waals surface area contributed by atoms with Gasteiger partial charge in [0.1, 0.15) is 6.29 Å². The second-order valence-corrected chi connectivity index (χ2v) is 4.37. The van der Waals surface area contributed by atoms with Crippen molar-refractivity contribution in [3.05, 3.63) is 0 Å². The van der Waals surface area contributed by atoms with E-state index >= 15 is 0 Å². The molecule has 3 heteroatoms. The van der Waals surface area contributed by atoms with Gasteiger partial charge in [0.25, 0.3) is 0 Å². The molecule has 0 saturated heterocycles. The van der Waals surface area contributed by atoms with Crippen LogP contribution in [-0.4, -0.2) is 45.4 Å². The minimum atomic E-state index is -0.0972. The van der Waals surface area contributed by atoms with E-state index in [1.807, 2.05) is 41.7 Å². The molecule has 100 valence electrons. The van der Waals surface area contributed by atoms with E-state index in [9.17, 15) is 4.79 Å². The van der Waals surface area contributed by atoms with Gasteiger partial charge in [-0.25, -0.2) is 0 Å². The molecule has 16 heavy (non-hydrogen) atoms. The van der Waals surface area contributed by atoms with Gasteiger partial charge < -0.3 is 15.0 Å². The number of likely N-dealkylation sites (N-methyl/N-ethyl adjacent to an activating group) is 2. The molecule has 0 aliphatic carbocycles. The molecule has 1 N–H and O–H groups in total. The normalized spacial score (nSPS) is 9.81. The molecule has 0 heterocycles. The molecule has 0 unspecified atom stereocenters. The average molecular weight is 232 g/mol. The van der Waals surface area contributed by atoms with Crippen molar-refractivity contribution in [2.45, 2.75) is 41.0 Å². The van der Waals surface area contributed by atoms with Gasteiger partial charge >= 0.3 is 0 Å². The number of nitrogens with zero attached hydrogens (tertiary/aromatic N) is 1. The number of hydrogen-bond acceptors (Lipinski definition) is 3. The third-order valence-corrected chi connectivity index (χ3v) is 2.04. The van der Waals surface area contributed by atoms with Crippen LogP contribution in [-0.2, 0) is 4.79 Å². The molecular weight excluding hydrogens is 200 g/mol. The molecule has 0 fully saturated rings. The fourth-order valence-corrected chi connectivity index (χ4v) is 0.419. The molecule has 0 aromatic carbocycles. The molecule has 0 aromatic heterocycles. The molecule has 0 saturated carbocycles. The zero-order valence-electron chi connectivity index (χ0n) is 12.6. The Morgan fingerprint density at radius 1 is 1.25 bits per heavy atom. The number of rotatable bonds is 5. The van der Waals surface area contributed by atoms with Gasteiger partial charge in [-0.15, -0.1) is 0 Å². The molecule has 0 atom stereocenters. The van der Waals surface area contributed by atoms with Crippen LogP contribution >= 0.6 is 0 Å². The maximum absolute atomic E-state index is 10.1. The van der Waals surface area contributed by atoms with Gasteiger partial charge in [-0.1, -0.05) is 34.6 Å². The van der Waals surface area contributed by atoms with Gasteiger partial charge in [0.2, 0.25) is 0 Å². The van der Waals surface area contributed by atoms with E-state index in [1.54, 1.807) is 0 Å². The van der Waals surface area contributed by atoms with Crippen LogP contribution in [0.1, 0.15) is 41.0 Å². The number of aldehydes is 1. The molecule has 3 nitrogen and oxygen atoms in total. The van der Waals surface area contributed by atoms with E-state index in [1.165, 1.54) is 0 Å². The maximum atomic E-state index is 10.1. The Morgan fingerprint density at radius 3 is 1.75 bits per heavy atom. The summed E-state index contributed by atoms with van der Waals surface area (Å²) < 4.78 is 0. The van der Waals surface area contributed by atoms with Crippen LogP contribution in [0.4, 0.5) is 0 Å². The summed E-state index contributed by atoms with van der Waals surface area (Å²) in [6, 6.07) is 0. The van der Waals surface area contributed by atoms with E-state index < -0.39 is 0 Å². The fraction of sp³-hybridized carbons (Fsp3) is 0.923. The van der Waals surface area contributed by atoms with Crippen molar-refractivity contribution >= 4 is 6.29 Å². The van der Waals surface area contributed by atoms with Crippen molar-refractivity contribution in [3.8, 4) is 0 Å². The predicted molar refractivity (Wildman–Crippen MR) is 74.0 cm³/mol. The van der Waals surface area contributed by atoms with E-state index in [2.05, 4.69) is 24.3 Å². The number of hydrogen-bond donors (Lipinski definition) is 1. The van der Waals surface area contributed by atoms with Crippen molar-refractivity contribution in [3.63, 3.8) is 0 Å². The number of nitrogens with one attached hydrogen (secondary N) is 1. The third-order valence-electron chi connectivity index (χ3n) is 2.04. The van der Waals surface area contributed by atoms with Crippen LogP contribution < -0.4 is 5.32 Å². The van der Waals surface area contributed by atoms with Gasteiger partial charge in [0.15, 0.2) is 0 Å². The van der Waals surface area contributed by atoms with Crippen LogP contribution in [0, 0.1) is 5.41 Å². The lowest BCUT2D eigenvalue weighted by Crippen LogP contribution is -2.23. The Labute approximate surface area is 103 Å². The summed E-state index contributed by atoms with van der Waals surface area (Å²) in [5.74, 6) is 0. The molecular formula is C13H32N2O. The highest BCUT2D eigenvalue weighted by atomic mass is 16.1. The van der Waals surface area contributed by atoms with Crippen molar-refractivity contribution in [1.82, 2.24) is 10.2 Å². The van der Waals surface area contributed by atoms with Gasteiger partial charge in [-0.3, -0.25) is 0 Å². The molecule has 0 amide bonds. The molecule has 0 bridgehead atoms. The molecule has 0 rings (SSSR count). The summed E-state index contributed by atoms with van der Waals surface area (Å²) in [7, 11) is 6.10. The monoisotopic (exact) mass is 232 g/mol. The highest BCUT2D eigenvalue weighted by molar-refractivity contribution is 5.57. The summed E-state index contributed by atoms with van der Waals surface area (Å²) in [5.41, 5.74) is -0.0972. The van der Waals surface area contributed by atoms with Crippen LogP contribution in [0.15, 0.2) is 0 Å². The minimum absolute atomic E-state index is 0.0972. The lowest BCUT2D eigenvalue weighted by Gasteiger charge is -2.10. The van der Waals surface area contributed by atoms with Crippen molar-refractivity contribution < 1.29 is 4.79 Å². The maximum Gasteiger partial charge on any atom is 0.125 e. The van der Waals surface area contributed by atoms with Crippen molar-refractivity contribution in [1.29, 1.82) is 0 Å². The van der Waals surface area contributed by atoms with E-state index in [4.69, 9.17) is 0 Å². The fourth-order valence-electron chi connectivity index (χ4n) is 0.419. The molecule has 0 aliphatic rings. The van der Waals surface area contributed by atoms with Gasteiger partial charge in [-0.2, -0.15) is 0 Å². The van der Waals surface area contributed by atoms with Gasteiger partial charge in [-0.05, 0) is 27.6 Å². The molecule has 0 spiro atoms. The summed E-state index contributed by atoms with van der Waals surface area (Å²) in [6.07, 6.45) is 1.92. The van der Waals surface area contributed by atoms with Crippen molar-refractivity contribution in [2.75, 3.05) is 34.2 Å². The Morgan fingerprint density at radius 2 is 1.69 bits per heavy atom. The molecule has 0 radical (unpaired) electrons. The Kier molecular flexibility index (Phi) is 19.1. The van der Waals surface area contributed by atoms with E-state index in [0.29, 0.717) is 0 Å². The van der Waals surface area contributed by atoms with Crippen LogP contribution in [0.5, 0.6) is 0 Å². The van der Waals surface area contributed by atoms with Crippen LogP contribution in [0.3, 0.4) is 0 Å². The zero-order valence-corrected chi connectivity index (χ0v) is 12.6. The summed E-state index contributed by atoms with van der Waals surface area (Å²) in [5, 5.41) is 3.06. The highest BCUT2D eigenvalue weighted by Gasteiger charge is 2.11. The zero-order chi connectivity index (χ0) is 13.6. The first-order chi connectivity index (χ1) is 7.39. The van der Waals surface area contributed by atoms with Gasteiger partial charge in [0, 0.05) is 18.5 Å². The lowest BCUT2D eigenvalue weighted by atomic mass is 9.93. The number of carbonyl (C=O) groups is 1. The third kappa shape index (κ3) is 23.4. The summed E-state index contributed by atoms with van der Waals surface area (Å²) in [6.45, 7) is 12.1. The summed E-state index contributed by atoms with van der Waals surface area (Å²) in [4.78, 5) is 12.2.